The predicted octanol–water partition coefficient (Wildman–Crippen LogP) is 3.87. The van der Waals surface area contributed by atoms with E-state index in [-0.39, 0.29) is 0 Å². The summed E-state index contributed by atoms with van der Waals surface area (Å²) in [5.74, 6) is 1.95. The van der Waals surface area contributed by atoms with Crippen LogP contribution in [0.2, 0.25) is 0 Å². The monoisotopic (exact) mass is 425 g/mol. The van der Waals surface area contributed by atoms with Crippen LogP contribution in [-0.4, -0.2) is 34.1 Å². The summed E-state index contributed by atoms with van der Waals surface area (Å²) in [7, 11) is 0. The van der Waals surface area contributed by atoms with Crippen LogP contribution in [0.25, 0.3) is 11.3 Å². The van der Waals surface area contributed by atoms with Gasteiger partial charge in [0.2, 0.25) is 0 Å². The number of piperidine rings is 1. The first-order valence-corrected chi connectivity index (χ1v) is 11.3. The third-order valence-corrected chi connectivity index (χ3v) is 6.07. The molecule has 0 unspecified atom stereocenters. The zero-order valence-corrected chi connectivity index (χ0v) is 18.0. The molecule has 0 radical (unpaired) electrons. The van der Waals surface area contributed by atoms with Crippen LogP contribution in [0.1, 0.15) is 48.3 Å². The van der Waals surface area contributed by atoms with Crippen molar-refractivity contribution in [2.24, 2.45) is 0 Å². The SMILES string of the molecule is N#Cc1ccnc(Nc2cc(C3CC3)cc(-c3cncc(CNC4CCNCC4)c3)n2)c1. The maximum Gasteiger partial charge on any atom is 0.132 e. The second-order valence-electron chi connectivity index (χ2n) is 8.60. The minimum atomic E-state index is 0.559. The van der Waals surface area contributed by atoms with Crippen LogP contribution in [0.4, 0.5) is 11.6 Å². The molecule has 1 aliphatic heterocycles. The molecule has 3 aromatic heterocycles. The van der Waals surface area contributed by atoms with E-state index in [1.165, 1.54) is 18.4 Å². The average molecular weight is 426 g/mol. The van der Waals surface area contributed by atoms with Crippen molar-refractivity contribution < 1.29 is 0 Å². The van der Waals surface area contributed by atoms with E-state index in [2.05, 4.69) is 50.2 Å². The molecular weight excluding hydrogens is 398 g/mol. The predicted molar refractivity (Wildman–Crippen MR) is 124 cm³/mol. The molecule has 0 amide bonds. The highest BCUT2D eigenvalue weighted by molar-refractivity contribution is 5.65. The summed E-state index contributed by atoms with van der Waals surface area (Å²) in [4.78, 5) is 13.7. The number of pyridine rings is 3. The zero-order valence-electron chi connectivity index (χ0n) is 18.0. The number of hydrogen-bond acceptors (Lipinski definition) is 7. The van der Waals surface area contributed by atoms with E-state index in [1.54, 1.807) is 18.3 Å². The van der Waals surface area contributed by atoms with Crippen molar-refractivity contribution in [3.63, 3.8) is 0 Å². The average Bonchev–Trinajstić information content (AvgIpc) is 3.69. The Balaban J connectivity index is 1.38. The molecule has 5 rings (SSSR count). The highest BCUT2D eigenvalue weighted by Crippen LogP contribution is 2.42. The third kappa shape index (κ3) is 5.10. The normalized spacial score (nSPS) is 16.5. The zero-order chi connectivity index (χ0) is 21.8. The molecule has 0 spiro atoms. The summed E-state index contributed by atoms with van der Waals surface area (Å²) in [6, 6.07) is 12.6. The van der Waals surface area contributed by atoms with Gasteiger partial charge in [0.25, 0.3) is 0 Å². The van der Waals surface area contributed by atoms with Crippen LogP contribution >= 0.6 is 0 Å². The standard InChI is InChI=1S/C25H27N7/c26-13-17-3-8-29-24(10-17)32-25-12-20(19-1-2-19)11-23(31-25)21-9-18(14-28-16-21)15-30-22-4-6-27-7-5-22/h3,8-12,14,16,19,22,27,30H,1-2,4-7,15H2,(H,29,31,32). The van der Waals surface area contributed by atoms with Crippen molar-refractivity contribution in [1.29, 1.82) is 5.26 Å². The van der Waals surface area contributed by atoms with Crippen LogP contribution in [-0.2, 0) is 6.54 Å². The van der Waals surface area contributed by atoms with Crippen molar-refractivity contribution >= 4 is 11.6 Å². The number of anilines is 2. The summed E-state index contributed by atoms with van der Waals surface area (Å²) in [6.07, 6.45) is 10.2. The quantitative estimate of drug-likeness (QED) is 0.528. The lowest BCUT2D eigenvalue weighted by Crippen LogP contribution is -2.39. The number of nitriles is 1. The topological polar surface area (TPSA) is 98.5 Å². The van der Waals surface area contributed by atoms with Crippen molar-refractivity contribution in [2.45, 2.75) is 44.2 Å². The lowest BCUT2D eigenvalue weighted by molar-refractivity contribution is 0.386. The lowest BCUT2D eigenvalue weighted by atomic mass is 10.0. The number of aromatic nitrogens is 3. The first-order valence-electron chi connectivity index (χ1n) is 11.3. The fourth-order valence-corrected chi connectivity index (χ4v) is 4.13. The molecule has 3 N–H and O–H groups in total. The van der Waals surface area contributed by atoms with Gasteiger partial charge in [0.15, 0.2) is 0 Å². The van der Waals surface area contributed by atoms with Gasteiger partial charge in [0.1, 0.15) is 11.6 Å². The molecule has 1 aliphatic carbocycles. The highest BCUT2D eigenvalue weighted by atomic mass is 15.1. The molecule has 0 bridgehead atoms. The largest absolute Gasteiger partial charge is 0.325 e. The lowest BCUT2D eigenvalue weighted by Gasteiger charge is -2.23. The van der Waals surface area contributed by atoms with E-state index in [0.717, 1.165) is 55.1 Å². The molecule has 162 valence electrons. The van der Waals surface area contributed by atoms with Crippen LogP contribution in [0.3, 0.4) is 0 Å². The van der Waals surface area contributed by atoms with Gasteiger partial charge in [0.05, 0.1) is 17.3 Å². The Morgan fingerprint density at radius 3 is 2.72 bits per heavy atom. The van der Waals surface area contributed by atoms with Crippen LogP contribution in [0.5, 0.6) is 0 Å². The van der Waals surface area contributed by atoms with Gasteiger partial charge < -0.3 is 16.0 Å². The Hall–Kier alpha value is -3.34. The molecule has 0 aromatic carbocycles. The molecule has 7 heteroatoms. The second kappa shape index (κ2) is 9.43. The fraction of sp³-hybridized carbons (Fsp3) is 0.360. The summed E-state index contributed by atoms with van der Waals surface area (Å²) in [5.41, 5.74) is 4.94. The van der Waals surface area contributed by atoms with E-state index < -0.39 is 0 Å². The second-order valence-corrected chi connectivity index (χ2v) is 8.60. The molecule has 2 fully saturated rings. The molecule has 1 saturated carbocycles. The van der Waals surface area contributed by atoms with E-state index in [9.17, 15) is 0 Å². The number of hydrogen-bond donors (Lipinski definition) is 3. The van der Waals surface area contributed by atoms with E-state index >= 15 is 0 Å². The van der Waals surface area contributed by atoms with Gasteiger partial charge >= 0.3 is 0 Å². The van der Waals surface area contributed by atoms with Gasteiger partial charge in [0, 0.05) is 36.7 Å². The third-order valence-electron chi connectivity index (χ3n) is 6.07. The Bertz CT molecular complexity index is 1130. The van der Waals surface area contributed by atoms with E-state index in [4.69, 9.17) is 10.2 Å². The number of nitrogens with one attached hydrogen (secondary N) is 3. The highest BCUT2D eigenvalue weighted by Gasteiger charge is 2.25. The van der Waals surface area contributed by atoms with Crippen LogP contribution < -0.4 is 16.0 Å². The molecule has 0 atom stereocenters. The first-order chi connectivity index (χ1) is 15.8. The van der Waals surface area contributed by atoms with Crippen LogP contribution in [0, 0.1) is 11.3 Å². The molecule has 4 heterocycles. The fourth-order valence-electron chi connectivity index (χ4n) is 4.13. The van der Waals surface area contributed by atoms with Crippen molar-refractivity contribution in [3.05, 3.63) is 65.6 Å². The van der Waals surface area contributed by atoms with Gasteiger partial charge in [-0.1, -0.05) is 0 Å². The van der Waals surface area contributed by atoms with Gasteiger partial charge in [-0.05, 0) is 86.1 Å². The summed E-state index contributed by atoms with van der Waals surface area (Å²) in [5, 5.41) is 19.5. The minimum absolute atomic E-state index is 0.559. The van der Waals surface area contributed by atoms with Crippen molar-refractivity contribution in [1.82, 2.24) is 25.6 Å². The Morgan fingerprint density at radius 2 is 1.91 bits per heavy atom. The van der Waals surface area contributed by atoms with Crippen molar-refractivity contribution in [2.75, 3.05) is 18.4 Å². The summed E-state index contributed by atoms with van der Waals surface area (Å²) < 4.78 is 0. The summed E-state index contributed by atoms with van der Waals surface area (Å²) >= 11 is 0. The summed E-state index contributed by atoms with van der Waals surface area (Å²) in [6.45, 7) is 2.97. The molecule has 2 aliphatic rings. The van der Waals surface area contributed by atoms with Gasteiger partial charge in [-0.2, -0.15) is 5.26 Å². The minimum Gasteiger partial charge on any atom is -0.325 e. The first kappa shape index (κ1) is 20.6. The van der Waals surface area contributed by atoms with Crippen LogP contribution in [0.15, 0.2) is 48.9 Å². The molecule has 32 heavy (non-hydrogen) atoms. The molecule has 7 nitrogen and oxygen atoms in total. The van der Waals surface area contributed by atoms with Crippen molar-refractivity contribution in [3.8, 4) is 17.3 Å². The number of rotatable bonds is 7. The number of nitrogens with zero attached hydrogens (tertiary/aromatic N) is 4. The maximum atomic E-state index is 9.16. The maximum absolute atomic E-state index is 9.16. The smallest absolute Gasteiger partial charge is 0.132 e. The molecule has 1 saturated heterocycles. The Morgan fingerprint density at radius 1 is 1.03 bits per heavy atom. The van der Waals surface area contributed by atoms with E-state index in [0.29, 0.717) is 23.3 Å². The van der Waals surface area contributed by atoms with E-state index in [1.807, 2.05) is 12.4 Å². The Kier molecular flexibility index (Phi) is 6.06. The van der Waals surface area contributed by atoms with Gasteiger partial charge in [-0.3, -0.25) is 4.98 Å². The van der Waals surface area contributed by atoms with Gasteiger partial charge in [-0.25, -0.2) is 9.97 Å². The van der Waals surface area contributed by atoms with Gasteiger partial charge in [-0.15, -0.1) is 0 Å². The molecule has 3 aromatic rings. The Labute approximate surface area is 188 Å². The molecular formula is C25H27N7.